The number of aryl methyl sites for hydroxylation is 1. The minimum Gasteiger partial charge on any atom is -0.476 e. The molecule has 0 unspecified atom stereocenters. The van der Waals surface area contributed by atoms with Crippen LogP contribution in [0.5, 0.6) is 0 Å². The molecule has 0 aromatic carbocycles. The Morgan fingerprint density at radius 3 is 2.83 bits per heavy atom. The molecule has 0 bridgehead atoms. The smallest absolute Gasteiger partial charge is 0.358 e. The molecule has 96 valence electrons. The molecule has 18 heavy (non-hydrogen) atoms. The monoisotopic (exact) mass is 258 g/mol. The molecule has 0 fully saturated rings. The van der Waals surface area contributed by atoms with Crippen LogP contribution in [0.25, 0.3) is 0 Å². The average Bonchev–Trinajstić information content (AvgIpc) is 2.85. The molecule has 7 nitrogen and oxygen atoms in total. The van der Waals surface area contributed by atoms with Gasteiger partial charge in [-0.15, -0.1) is 5.10 Å². The van der Waals surface area contributed by atoms with Gasteiger partial charge in [0.25, 0.3) is 6.43 Å². The second-order valence-electron chi connectivity index (χ2n) is 3.52. The quantitative estimate of drug-likeness (QED) is 0.887. The Balaban J connectivity index is 2.36. The van der Waals surface area contributed by atoms with Crippen molar-refractivity contribution in [2.24, 2.45) is 0 Å². The Morgan fingerprint density at radius 1 is 1.61 bits per heavy atom. The van der Waals surface area contributed by atoms with Crippen molar-refractivity contribution in [2.75, 3.05) is 0 Å². The van der Waals surface area contributed by atoms with Gasteiger partial charge in [0.1, 0.15) is 12.2 Å². The maximum Gasteiger partial charge on any atom is 0.358 e. The number of halogens is 2. The lowest BCUT2D eigenvalue weighted by molar-refractivity contribution is 0.0675. The molecule has 0 saturated carbocycles. The normalized spacial score (nSPS) is 11.1. The summed E-state index contributed by atoms with van der Waals surface area (Å²) in [7, 11) is 0. The number of rotatable bonds is 4. The molecule has 0 saturated heterocycles. The van der Waals surface area contributed by atoms with Gasteiger partial charge in [-0.1, -0.05) is 10.4 Å². The molecule has 0 amide bonds. The Labute approximate surface area is 99.0 Å². The summed E-state index contributed by atoms with van der Waals surface area (Å²) in [5.41, 5.74) is -0.931. The van der Waals surface area contributed by atoms with E-state index in [0.717, 1.165) is 4.68 Å². The minimum atomic E-state index is -2.99. The standard InChI is InChI=1S/C9H8F2N4O3/c1-4-2-5(18-13-4)3-15-7(8(10)11)6(9(16)17)12-14-15/h2,8H,3H2,1H3,(H,16,17). The number of nitrogens with zero attached hydrogens (tertiary/aromatic N) is 4. The first kappa shape index (κ1) is 12.1. The summed E-state index contributed by atoms with van der Waals surface area (Å²) < 4.78 is 31.2. The van der Waals surface area contributed by atoms with E-state index in [1.54, 1.807) is 6.92 Å². The van der Waals surface area contributed by atoms with E-state index in [2.05, 4.69) is 15.5 Å². The van der Waals surface area contributed by atoms with Gasteiger partial charge in [-0.3, -0.25) is 0 Å². The van der Waals surface area contributed by atoms with Gasteiger partial charge in [0, 0.05) is 6.07 Å². The number of hydrogen-bond acceptors (Lipinski definition) is 5. The second kappa shape index (κ2) is 4.51. The number of aromatic nitrogens is 4. The fourth-order valence-corrected chi connectivity index (χ4v) is 1.44. The average molecular weight is 258 g/mol. The van der Waals surface area contributed by atoms with Crippen LogP contribution in [0.2, 0.25) is 0 Å². The predicted octanol–water partition coefficient (Wildman–Crippen LogP) is 1.26. The molecule has 2 rings (SSSR count). The summed E-state index contributed by atoms with van der Waals surface area (Å²) in [5.74, 6) is -1.26. The van der Waals surface area contributed by atoms with Gasteiger partial charge in [0.05, 0.1) is 5.69 Å². The van der Waals surface area contributed by atoms with Crippen molar-refractivity contribution in [3.05, 3.63) is 28.9 Å². The van der Waals surface area contributed by atoms with Crippen molar-refractivity contribution in [2.45, 2.75) is 19.9 Å². The fourth-order valence-electron chi connectivity index (χ4n) is 1.44. The van der Waals surface area contributed by atoms with Gasteiger partial charge in [0.2, 0.25) is 0 Å². The summed E-state index contributed by atoms with van der Waals surface area (Å²) in [6, 6.07) is 1.54. The lowest BCUT2D eigenvalue weighted by atomic mass is 10.3. The van der Waals surface area contributed by atoms with Crippen LogP contribution in [-0.2, 0) is 6.54 Å². The first-order valence-corrected chi connectivity index (χ1v) is 4.86. The van der Waals surface area contributed by atoms with E-state index in [1.807, 2.05) is 0 Å². The highest BCUT2D eigenvalue weighted by Crippen LogP contribution is 2.22. The van der Waals surface area contributed by atoms with E-state index in [4.69, 9.17) is 9.63 Å². The van der Waals surface area contributed by atoms with E-state index in [9.17, 15) is 13.6 Å². The Morgan fingerprint density at radius 2 is 2.33 bits per heavy atom. The van der Waals surface area contributed by atoms with Gasteiger partial charge in [-0.25, -0.2) is 18.3 Å². The molecule has 0 aliphatic rings. The highest BCUT2D eigenvalue weighted by molar-refractivity contribution is 5.86. The fraction of sp³-hybridized carbons (Fsp3) is 0.333. The van der Waals surface area contributed by atoms with Crippen molar-refractivity contribution < 1.29 is 23.2 Å². The number of carboxylic acid groups (broad SMARTS) is 1. The molecule has 0 aliphatic carbocycles. The van der Waals surface area contributed by atoms with Crippen LogP contribution in [0.1, 0.15) is 34.1 Å². The molecule has 2 heterocycles. The van der Waals surface area contributed by atoms with Gasteiger partial charge in [-0.2, -0.15) is 0 Å². The second-order valence-corrected chi connectivity index (χ2v) is 3.52. The summed E-state index contributed by atoms with van der Waals surface area (Å²) in [6.07, 6.45) is -2.99. The molecule has 2 aromatic heterocycles. The Bertz CT molecular complexity index is 578. The maximum absolute atomic E-state index is 12.8. The zero-order valence-corrected chi connectivity index (χ0v) is 9.17. The van der Waals surface area contributed by atoms with Gasteiger partial charge >= 0.3 is 5.97 Å². The van der Waals surface area contributed by atoms with Gasteiger partial charge < -0.3 is 9.63 Å². The van der Waals surface area contributed by atoms with Crippen molar-refractivity contribution in [1.29, 1.82) is 0 Å². The summed E-state index contributed by atoms with van der Waals surface area (Å²) in [6.45, 7) is 1.52. The van der Waals surface area contributed by atoms with Gasteiger partial charge in [0.15, 0.2) is 11.5 Å². The van der Waals surface area contributed by atoms with E-state index >= 15 is 0 Å². The van der Waals surface area contributed by atoms with Gasteiger partial charge in [-0.05, 0) is 6.92 Å². The molecule has 0 aliphatic heterocycles. The van der Waals surface area contributed by atoms with Crippen molar-refractivity contribution in [1.82, 2.24) is 20.2 Å². The third kappa shape index (κ3) is 2.19. The topological polar surface area (TPSA) is 94.0 Å². The van der Waals surface area contributed by atoms with Crippen LogP contribution in [0.4, 0.5) is 8.78 Å². The maximum atomic E-state index is 12.8. The molecule has 9 heteroatoms. The molecular formula is C9H8F2N4O3. The minimum absolute atomic E-state index is 0.152. The van der Waals surface area contributed by atoms with Crippen LogP contribution in [0.3, 0.4) is 0 Å². The first-order valence-electron chi connectivity index (χ1n) is 4.86. The van der Waals surface area contributed by atoms with Crippen LogP contribution >= 0.6 is 0 Å². The third-order valence-electron chi connectivity index (χ3n) is 2.17. The SMILES string of the molecule is Cc1cc(Cn2nnc(C(=O)O)c2C(F)F)on1. The number of carbonyl (C=O) groups is 1. The van der Waals surface area contributed by atoms with E-state index < -0.39 is 23.8 Å². The van der Waals surface area contributed by atoms with Crippen LogP contribution in [-0.4, -0.2) is 31.2 Å². The summed E-state index contributed by atoms with van der Waals surface area (Å²) >= 11 is 0. The Kier molecular flexibility index (Phi) is 3.04. The van der Waals surface area contributed by atoms with Crippen molar-refractivity contribution >= 4 is 5.97 Å². The van der Waals surface area contributed by atoms with Crippen LogP contribution in [0, 0.1) is 6.92 Å². The number of alkyl halides is 2. The molecular weight excluding hydrogens is 250 g/mol. The predicted molar refractivity (Wildman–Crippen MR) is 52.3 cm³/mol. The Hall–Kier alpha value is -2.32. The van der Waals surface area contributed by atoms with Crippen LogP contribution < -0.4 is 0 Å². The first-order chi connectivity index (χ1) is 8.49. The van der Waals surface area contributed by atoms with E-state index in [1.165, 1.54) is 6.07 Å². The molecule has 2 aromatic rings. The van der Waals surface area contributed by atoms with Crippen molar-refractivity contribution in [3.8, 4) is 0 Å². The number of carboxylic acids is 1. The lowest BCUT2D eigenvalue weighted by Gasteiger charge is -2.03. The lowest BCUT2D eigenvalue weighted by Crippen LogP contribution is -2.09. The molecule has 1 N–H and O–H groups in total. The largest absolute Gasteiger partial charge is 0.476 e. The van der Waals surface area contributed by atoms with Crippen LogP contribution in [0.15, 0.2) is 10.6 Å². The van der Waals surface area contributed by atoms with E-state index in [-0.39, 0.29) is 12.3 Å². The summed E-state index contributed by atoms with van der Waals surface area (Å²) in [4.78, 5) is 10.7. The zero-order valence-electron chi connectivity index (χ0n) is 9.17. The highest BCUT2D eigenvalue weighted by Gasteiger charge is 2.26. The van der Waals surface area contributed by atoms with E-state index in [0.29, 0.717) is 5.69 Å². The zero-order chi connectivity index (χ0) is 13.3. The van der Waals surface area contributed by atoms with Crippen molar-refractivity contribution in [3.63, 3.8) is 0 Å². The summed E-state index contributed by atoms with van der Waals surface area (Å²) in [5, 5.41) is 18.9. The highest BCUT2D eigenvalue weighted by atomic mass is 19.3. The molecule has 0 radical (unpaired) electrons. The third-order valence-corrected chi connectivity index (χ3v) is 2.17. The number of aromatic carboxylic acids is 1. The number of hydrogen-bond donors (Lipinski definition) is 1. The molecule has 0 atom stereocenters. The molecule has 0 spiro atoms.